The molecule has 3 rings (SSSR count). The van der Waals surface area contributed by atoms with E-state index in [4.69, 9.17) is 4.74 Å². The van der Waals surface area contributed by atoms with Crippen molar-refractivity contribution in [1.82, 2.24) is 14.9 Å². The Hall–Kier alpha value is -2.82. The van der Waals surface area contributed by atoms with Crippen molar-refractivity contribution in [2.75, 3.05) is 7.11 Å². The molecule has 5 heteroatoms. The lowest BCUT2D eigenvalue weighted by Crippen LogP contribution is -2.30. The summed E-state index contributed by atoms with van der Waals surface area (Å²) in [5.41, 5.74) is 5.24. The summed E-state index contributed by atoms with van der Waals surface area (Å²) < 4.78 is 7.25. The molecule has 0 aliphatic rings. The van der Waals surface area contributed by atoms with Gasteiger partial charge in [-0.2, -0.15) is 0 Å². The number of nitrogens with zero attached hydrogens (tertiary/aromatic N) is 2. The summed E-state index contributed by atoms with van der Waals surface area (Å²) in [6.45, 7) is 6.32. The second kappa shape index (κ2) is 6.97. The normalized spacial score (nSPS) is 12.2. The van der Waals surface area contributed by atoms with Gasteiger partial charge in [-0.15, -0.1) is 0 Å². The Bertz CT molecular complexity index is 914. The fourth-order valence-corrected chi connectivity index (χ4v) is 2.98. The largest absolute Gasteiger partial charge is 0.496 e. The monoisotopic (exact) mass is 337 g/mol. The second-order valence-electron chi connectivity index (χ2n) is 6.33. The van der Waals surface area contributed by atoms with E-state index in [1.54, 1.807) is 13.4 Å². The van der Waals surface area contributed by atoms with Gasteiger partial charge in [-0.05, 0) is 50.1 Å². The number of amides is 1. The van der Waals surface area contributed by atoms with Crippen LogP contribution in [0, 0.1) is 13.8 Å². The van der Waals surface area contributed by atoms with Gasteiger partial charge in [0.15, 0.2) is 0 Å². The zero-order valence-corrected chi connectivity index (χ0v) is 15.0. The molecule has 1 N–H and O–H groups in total. The predicted molar refractivity (Wildman–Crippen MR) is 98.8 cm³/mol. The van der Waals surface area contributed by atoms with Gasteiger partial charge < -0.3 is 14.6 Å². The number of hydrogen-bond acceptors (Lipinski definition) is 3. The quantitative estimate of drug-likeness (QED) is 0.775. The van der Waals surface area contributed by atoms with E-state index in [9.17, 15) is 4.79 Å². The van der Waals surface area contributed by atoms with Gasteiger partial charge in [0.25, 0.3) is 0 Å². The summed E-state index contributed by atoms with van der Waals surface area (Å²) >= 11 is 0. The first-order valence-corrected chi connectivity index (χ1v) is 8.34. The summed E-state index contributed by atoms with van der Waals surface area (Å²) in [5.74, 6) is 0.713. The molecule has 0 bridgehead atoms. The summed E-state index contributed by atoms with van der Waals surface area (Å²) in [7, 11) is 1.63. The lowest BCUT2D eigenvalue weighted by atomic mass is 10.1. The van der Waals surface area contributed by atoms with Crippen molar-refractivity contribution in [3.05, 3.63) is 59.4 Å². The number of nitrogens with one attached hydrogen (secondary N) is 1. The number of benzene rings is 2. The SMILES string of the molecule is COc1ccccc1C(C)NC(=O)Cn1cnc2cc(C)c(C)cc21. The Morgan fingerprint density at radius 1 is 1.24 bits per heavy atom. The lowest BCUT2D eigenvalue weighted by Gasteiger charge is -2.17. The molecule has 25 heavy (non-hydrogen) atoms. The van der Waals surface area contributed by atoms with Crippen LogP contribution in [0.4, 0.5) is 0 Å². The molecule has 1 aromatic heterocycles. The van der Waals surface area contributed by atoms with Crippen LogP contribution in [0.1, 0.15) is 29.7 Å². The van der Waals surface area contributed by atoms with Crippen LogP contribution in [0.3, 0.4) is 0 Å². The third-order valence-corrected chi connectivity index (χ3v) is 4.53. The number of rotatable bonds is 5. The van der Waals surface area contributed by atoms with Crippen LogP contribution in [0.2, 0.25) is 0 Å². The van der Waals surface area contributed by atoms with Crippen molar-refractivity contribution < 1.29 is 9.53 Å². The van der Waals surface area contributed by atoms with Gasteiger partial charge in [0, 0.05) is 5.56 Å². The highest BCUT2D eigenvalue weighted by Gasteiger charge is 2.15. The van der Waals surface area contributed by atoms with Gasteiger partial charge >= 0.3 is 0 Å². The van der Waals surface area contributed by atoms with Crippen molar-refractivity contribution in [2.24, 2.45) is 0 Å². The number of fused-ring (bicyclic) bond motifs is 1. The molecule has 1 amide bonds. The van der Waals surface area contributed by atoms with Gasteiger partial charge in [0.1, 0.15) is 12.3 Å². The Kier molecular flexibility index (Phi) is 4.74. The number of para-hydroxylation sites is 1. The maximum atomic E-state index is 12.5. The number of imidazole rings is 1. The van der Waals surface area contributed by atoms with Gasteiger partial charge in [-0.3, -0.25) is 4.79 Å². The van der Waals surface area contributed by atoms with E-state index in [1.165, 1.54) is 11.1 Å². The van der Waals surface area contributed by atoms with Crippen LogP contribution < -0.4 is 10.1 Å². The van der Waals surface area contributed by atoms with E-state index >= 15 is 0 Å². The highest BCUT2D eigenvalue weighted by atomic mass is 16.5. The number of methoxy groups -OCH3 is 1. The number of carbonyl (C=O) groups is 1. The molecule has 0 fully saturated rings. The van der Waals surface area contributed by atoms with Crippen LogP contribution in [0.5, 0.6) is 5.75 Å². The van der Waals surface area contributed by atoms with Crippen LogP contribution in [0.25, 0.3) is 11.0 Å². The smallest absolute Gasteiger partial charge is 0.240 e. The van der Waals surface area contributed by atoms with Gasteiger partial charge in [0.2, 0.25) is 5.91 Å². The van der Waals surface area contributed by atoms with Gasteiger partial charge in [-0.25, -0.2) is 4.98 Å². The standard InChI is InChI=1S/C20H23N3O2/c1-13-9-17-18(10-14(13)2)23(12-21-17)11-20(24)22-15(3)16-7-5-6-8-19(16)25-4/h5-10,12,15H,11H2,1-4H3,(H,22,24). The minimum Gasteiger partial charge on any atom is -0.496 e. The summed E-state index contributed by atoms with van der Waals surface area (Å²) in [4.78, 5) is 16.9. The summed E-state index contributed by atoms with van der Waals surface area (Å²) in [6.07, 6.45) is 1.72. The third-order valence-electron chi connectivity index (χ3n) is 4.53. The molecule has 0 radical (unpaired) electrons. The van der Waals surface area contributed by atoms with Crippen LogP contribution >= 0.6 is 0 Å². The number of hydrogen-bond donors (Lipinski definition) is 1. The number of carbonyl (C=O) groups excluding carboxylic acids is 1. The van der Waals surface area contributed by atoms with Crippen molar-refractivity contribution in [2.45, 2.75) is 33.4 Å². The zero-order chi connectivity index (χ0) is 18.0. The molecule has 3 aromatic rings. The van der Waals surface area contributed by atoms with Crippen LogP contribution in [-0.2, 0) is 11.3 Å². The first-order valence-electron chi connectivity index (χ1n) is 8.34. The van der Waals surface area contributed by atoms with E-state index in [0.717, 1.165) is 22.3 Å². The zero-order valence-electron chi connectivity index (χ0n) is 15.0. The molecular weight excluding hydrogens is 314 g/mol. The predicted octanol–water partition coefficient (Wildman–Crippen LogP) is 3.54. The Balaban J connectivity index is 1.76. The van der Waals surface area contributed by atoms with E-state index < -0.39 is 0 Å². The Labute approximate surface area is 147 Å². The van der Waals surface area contributed by atoms with Crippen molar-refractivity contribution in [3.8, 4) is 5.75 Å². The minimum absolute atomic E-state index is 0.0593. The highest BCUT2D eigenvalue weighted by Crippen LogP contribution is 2.24. The molecule has 0 saturated heterocycles. The van der Waals surface area contributed by atoms with E-state index in [0.29, 0.717) is 0 Å². The number of aryl methyl sites for hydroxylation is 2. The van der Waals surface area contributed by atoms with E-state index in [-0.39, 0.29) is 18.5 Å². The Morgan fingerprint density at radius 3 is 2.72 bits per heavy atom. The maximum absolute atomic E-state index is 12.5. The summed E-state index contributed by atoms with van der Waals surface area (Å²) in [5, 5.41) is 3.03. The Morgan fingerprint density at radius 2 is 1.96 bits per heavy atom. The number of ether oxygens (including phenoxy) is 1. The first kappa shape index (κ1) is 17.0. The molecule has 0 aliphatic heterocycles. The molecule has 1 unspecified atom stereocenters. The molecule has 0 saturated carbocycles. The molecule has 1 atom stereocenters. The molecular formula is C20H23N3O2. The molecule has 5 nitrogen and oxygen atoms in total. The molecule has 0 spiro atoms. The first-order chi connectivity index (χ1) is 12.0. The van der Waals surface area contributed by atoms with Crippen molar-refractivity contribution in [3.63, 3.8) is 0 Å². The average molecular weight is 337 g/mol. The second-order valence-corrected chi connectivity index (χ2v) is 6.33. The van der Waals surface area contributed by atoms with Crippen LogP contribution in [-0.4, -0.2) is 22.6 Å². The van der Waals surface area contributed by atoms with E-state index in [2.05, 4.69) is 36.3 Å². The minimum atomic E-state index is -0.137. The van der Waals surface area contributed by atoms with E-state index in [1.807, 2.05) is 35.8 Å². The maximum Gasteiger partial charge on any atom is 0.240 e. The molecule has 130 valence electrons. The average Bonchev–Trinajstić information content (AvgIpc) is 2.96. The lowest BCUT2D eigenvalue weighted by molar-refractivity contribution is -0.122. The fourth-order valence-electron chi connectivity index (χ4n) is 2.98. The molecule has 0 aliphatic carbocycles. The third kappa shape index (κ3) is 3.50. The van der Waals surface area contributed by atoms with Gasteiger partial charge in [-0.1, -0.05) is 18.2 Å². The van der Waals surface area contributed by atoms with Gasteiger partial charge in [0.05, 0.1) is 30.5 Å². The number of aromatic nitrogens is 2. The van der Waals surface area contributed by atoms with Crippen molar-refractivity contribution in [1.29, 1.82) is 0 Å². The summed E-state index contributed by atoms with van der Waals surface area (Å²) in [6, 6.07) is 11.7. The topological polar surface area (TPSA) is 56.1 Å². The van der Waals surface area contributed by atoms with Crippen molar-refractivity contribution >= 4 is 16.9 Å². The van der Waals surface area contributed by atoms with Crippen LogP contribution in [0.15, 0.2) is 42.7 Å². The highest BCUT2D eigenvalue weighted by molar-refractivity contribution is 5.81. The fraction of sp³-hybridized carbons (Fsp3) is 0.300. The molecule has 2 aromatic carbocycles. The molecule has 1 heterocycles.